The van der Waals surface area contributed by atoms with Crippen molar-refractivity contribution in [3.05, 3.63) is 22.3 Å². The molecule has 0 saturated heterocycles. The fraction of sp³-hybridized carbons (Fsp3) is 0.545. The lowest BCUT2D eigenvalue weighted by molar-refractivity contribution is -0.132. The van der Waals surface area contributed by atoms with Crippen molar-refractivity contribution in [2.75, 3.05) is 40.8 Å². The number of nitrogens with zero attached hydrogens (tertiary/aromatic N) is 3. The predicted molar refractivity (Wildman–Crippen MR) is 124 cm³/mol. The van der Waals surface area contributed by atoms with Gasteiger partial charge >= 0.3 is 0 Å². The molecule has 0 fully saturated rings. The highest BCUT2D eigenvalue weighted by atomic mass is 32.1. The Balaban J connectivity index is 2.57. The van der Waals surface area contributed by atoms with Crippen molar-refractivity contribution in [1.29, 1.82) is 0 Å². The van der Waals surface area contributed by atoms with Crippen LogP contribution < -0.4 is 10.6 Å². The summed E-state index contributed by atoms with van der Waals surface area (Å²) >= 11 is 1.40. The van der Waals surface area contributed by atoms with E-state index < -0.39 is 0 Å². The van der Waals surface area contributed by atoms with Crippen molar-refractivity contribution >= 4 is 35.1 Å². The van der Waals surface area contributed by atoms with Crippen LogP contribution in [0.25, 0.3) is 6.08 Å². The van der Waals surface area contributed by atoms with E-state index in [2.05, 4.69) is 21.5 Å². The number of hydrogen-bond donors (Lipinski definition) is 2. The number of carbonyl (C=O) groups is 3. The average molecular weight is 448 g/mol. The molecule has 0 aromatic carbocycles. The molecule has 0 spiro atoms. The van der Waals surface area contributed by atoms with E-state index in [0.29, 0.717) is 18.8 Å². The van der Waals surface area contributed by atoms with Gasteiger partial charge in [-0.3, -0.25) is 14.4 Å². The molecule has 0 aliphatic rings. The smallest absolute Gasteiger partial charge is 0.267 e. The van der Waals surface area contributed by atoms with Gasteiger partial charge in [-0.05, 0) is 33.0 Å². The SMILES string of the molecule is C#CCCCCCNC(=O)/C(=C\c1cscn1)NC(=O)CCC(=O)N(C)CCN(C)C. The molecule has 31 heavy (non-hydrogen) atoms. The summed E-state index contributed by atoms with van der Waals surface area (Å²) in [6, 6.07) is 0. The van der Waals surface area contributed by atoms with Crippen LogP contribution in [0.4, 0.5) is 0 Å². The van der Waals surface area contributed by atoms with Crippen LogP contribution in [-0.2, 0) is 14.4 Å². The van der Waals surface area contributed by atoms with E-state index in [9.17, 15) is 14.4 Å². The lowest BCUT2D eigenvalue weighted by atomic mass is 10.2. The highest BCUT2D eigenvalue weighted by Crippen LogP contribution is 2.07. The second-order valence-electron chi connectivity index (χ2n) is 7.41. The first-order chi connectivity index (χ1) is 14.8. The molecule has 1 rings (SSSR count). The van der Waals surface area contributed by atoms with Crippen molar-refractivity contribution in [3.63, 3.8) is 0 Å². The summed E-state index contributed by atoms with van der Waals surface area (Å²) in [5.74, 6) is 1.71. The highest BCUT2D eigenvalue weighted by Gasteiger charge is 2.16. The minimum Gasteiger partial charge on any atom is -0.351 e. The zero-order chi connectivity index (χ0) is 23.1. The summed E-state index contributed by atoms with van der Waals surface area (Å²) < 4.78 is 0. The maximum atomic E-state index is 12.6. The molecule has 0 saturated carbocycles. The molecule has 1 aromatic heterocycles. The second kappa shape index (κ2) is 15.2. The Morgan fingerprint density at radius 1 is 1.16 bits per heavy atom. The summed E-state index contributed by atoms with van der Waals surface area (Å²) in [5.41, 5.74) is 2.36. The van der Waals surface area contributed by atoms with Gasteiger partial charge in [0.05, 0.1) is 11.2 Å². The number of carbonyl (C=O) groups excluding carboxylic acids is 3. The largest absolute Gasteiger partial charge is 0.351 e. The van der Waals surface area contributed by atoms with Gasteiger partial charge in [0, 0.05) is 51.3 Å². The summed E-state index contributed by atoms with van der Waals surface area (Å²) in [6.07, 6.45) is 10.2. The third-order valence-electron chi connectivity index (χ3n) is 4.42. The average Bonchev–Trinajstić information content (AvgIpc) is 3.25. The number of nitrogens with one attached hydrogen (secondary N) is 2. The number of aromatic nitrogens is 1. The van der Waals surface area contributed by atoms with E-state index in [1.807, 2.05) is 19.0 Å². The third-order valence-corrected chi connectivity index (χ3v) is 5.02. The molecular weight excluding hydrogens is 414 g/mol. The third kappa shape index (κ3) is 11.9. The molecule has 1 aromatic rings. The van der Waals surface area contributed by atoms with Crippen LogP contribution in [0.1, 0.15) is 44.2 Å². The van der Waals surface area contributed by atoms with Crippen LogP contribution in [0, 0.1) is 12.3 Å². The van der Waals surface area contributed by atoms with Crippen LogP contribution in [0.15, 0.2) is 16.6 Å². The number of rotatable bonds is 14. The maximum Gasteiger partial charge on any atom is 0.267 e. The van der Waals surface area contributed by atoms with Crippen LogP contribution in [0.2, 0.25) is 0 Å². The van der Waals surface area contributed by atoms with Crippen LogP contribution >= 0.6 is 11.3 Å². The minimum atomic E-state index is -0.389. The van der Waals surface area contributed by atoms with Gasteiger partial charge in [0.15, 0.2) is 0 Å². The van der Waals surface area contributed by atoms with Gasteiger partial charge in [0.25, 0.3) is 5.91 Å². The van der Waals surface area contributed by atoms with Crippen LogP contribution in [0.3, 0.4) is 0 Å². The van der Waals surface area contributed by atoms with E-state index in [1.54, 1.807) is 22.8 Å². The Morgan fingerprint density at radius 2 is 1.94 bits per heavy atom. The molecule has 9 heteroatoms. The number of amides is 3. The van der Waals surface area contributed by atoms with E-state index in [4.69, 9.17) is 6.42 Å². The zero-order valence-corrected chi connectivity index (χ0v) is 19.5. The van der Waals surface area contributed by atoms with Crippen molar-refractivity contribution < 1.29 is 14.4 Å². The molecule has 0 aliphatic carbocycles. The first kappa shape index (κ1) is 26.3. The number of unbranched alkanes of at least 4 members (excludes halogenated alkanes) is 3. The molecular formula is C22H33N5O3S. The Bertz CT molecular complexity index is 769. The molecule has 170 valence electrons. The standard InChI is InChI=1S/C22H33N5O3S/c1-5-6-7-8-9-12-23-22(30)19(15-18-16-31-17-24-18)25-20(28)10-11-21(29)27(4)14-13-26(2)3/h1,15-17H,6-14H2,2-4H3,(H,23,30)(H,25,28)/b19-15+. The summed E-state index contributed by atoms with van der Waals surface area (Å²) in [6.45, 7) is 1.83. The van der Waals surface area contributed by atoms with Gasteiger partial charge in [0.2, 0.25) is 11.8 Å². The van der Waals surface area contributed by atoms with Gasteiger partial charge in [-0.15, -0.1) is 23.7 Å². The lowest BCUT2D eigenvalue weighted by Gasteiger charge is -2.19. The molecule has 0 radical (unpaired) electrons. The van der Waals surface area contributed by atoms with Gasteiger partial charge in [0.1, 0.15) is 5.70 Å². The highest BCUT2D eigenvalue weighted by molar-refractivity contribution is 7.07. The van der Waals surface area contributed by atoms with Gasteiger partial charge < -0.3 is 20.4 Å². The van der Waals surface area contributed by atoms with Crippen LogP contribution in [0.5, 0.6) is 0 Å². The summed E-state index contributed by atoms with van der Waals surface area (Å²) in [7, 11) is 5.59. The quantitative estimate of drug-likeness (QED) is 0.257. The fourth-order valence-corrected chi connectivity index (χ4v) is 3.04. The van der Waals surface area contributed by atoms with E-state index >= 15 is 0 Å². The molecule has 0 bridgehead atoms. The van der Waals surface area contributed by atoms with Crippen molar-refractivity contribution in [3.8, 4) is 12.3 Å². The van der Waals surface area contributed by atoms with Crippen molar-refractivity contribution in [1.82, 2.24) is 25.4 Å². The summed E-state index contributed by atoms with van der Waals surface area (Å²) in [5, 5.41) is 7.22. The second-order valence-corrected chi connectivity index (χ2v) is 8.13. The van der Waals surface area contributed by atoms with Crippen molar-refractivity contribution in [2.45, 2.75) is 38.5 Å². The molecule has 1 heterocycles. The number of terminal acetylenes is 1. The van der Waals surface area contributed by atoms with Crippen molar-refractivity contribution in [2.24, 2.45) is 0 Å². The molecule has 8 nitrogen and oxygen atoms in total. The van der Waals surface area contributed by atoms with Gasteiger partial charge in [-0.1, -0.05) is 6.42 Å². The minimum absolute atomic E-state index is 0.00108. The monoisotopic (exact) mass is 447 g/mol. The molecule has 0 unspecified atom stereocenters. The topological polar surface area (TPSA) is 94.6 Å². The maximum absolute atomic E-state index is 12.6. The first-order valence-electron chi connectivity index (χ1n) is 10.3. The Labute approximate surface area is 189 Å². The first-order valence-corrected chi connectivity index (χ1v) is 11.3. The van der Waals surface area contributed by atoms with Crippen LogP contribution in [-0.4, -0.2) is 73.3 Å². The summed E-state index contributed by atoms with van der Waals surface area (Å²) in [4.78, 5) is 44.9. The van der Waals surface area contributed by atoms with E-state index in [-0.39, 0.29) is 36.3 Å². The van der Waals surface area contributed by atoms with Gasteiger partial charge in [-0.25, -0.2) is 4.98 Å². The number of thiazole rings is 1. The normalized spacial score (nSPS) is 11.1. The van der Waals surface area contributed by atoms with E-state index in [1.165, 1.54) is 17.4 Å². The zero-order valence-electron chi connectivity index (χ0n) is 18.6. The molecule has 2 N–H and O–H groups in total. The predicted octanol–water partition coefficient (Wildman–Crippen LogP) is 1.71. The number of likely N-dealkylation sites (N-methyl/N-ethyl adjacent to an activating group) is 2. The Kier molecular flexibility index (Phi) is 12.9. The number of hydrogen-bond acceptors (Lipinski definition) is 6. The lowest BCUT2D eigenvalue weighted by Crippen LogP contribution is -2.36. The Morgan fingerprint density at radius 3 is 2.58 bits per heavy atom. The fourth-order valence-electron chi connectivity index (χ4n) is 2.52. The van der Waals surface area contributed by atoms with Gasteiger partial charge in [-0.2, -0.15) is 0 Å². The molecule has 0 atom stereocenters. The molecule has 0 aliphatic heterocycles. The molecule has 3 amide bonds. The van der Waals surface area contributed by atoms with E-state index in [0.717, 1.165) is 32.2 Å². The Hall–Kier alpha value is -2.70.